The Morgan fingerprint density at radius 1 is 0.439 bits per heavy atom. The largest absolute Gasteiger partial charge is 0.312 e. The van der Waals surface area contributed by atoms with Gasteiger partial charge in [-0.2, -0.15) is 0 Å². The lowest BCUT2D eigenvalue weighted by Crippen LogP contribution is -2.56. The van der Waals surface area contributed by atoms with Crippen molar-refractivity contribution < 1.29 is 4.39 Å². The number of nitrogens with zero attached hydrogens (tertiary/aromatic N) is 1. The molecular weight excluding hydrogens is 495 g/mol. The number of halogens is 1. The van der Waals surface area contributed by atoms with E-state index in [1.165, 1.54) is 39.1 Å². The van der Waals surface area contributed by atoms with Crippen LogP contribution in [0.5, 0.6) is 0 Å². The highest BCUT2D eigenvalue weighted by Crippen LogP contribution is 2.39. The van der Waals surface area contributed by atoms with E-state index < -0.39 is 0 Å². The van der Waals surface area contributed by atoms with E-state index >= 15 is 0 Å². The Morgan fingerprint density at radius 3 is 1.59 bits per heavy atom. The minimum atomic E-state index is -0.210. The van der Waals surface area contributed by atoms with E-state index in [1.807, 2.05) is 24.3 Å². The van der Waals surface area contributed by atoms with E-state index in [0.29, 0.717) is 5.56 Å². The molecule has 6 aromatic carbocycles. The number of para-hydroxylation sites is 1. The van der Waals surface area contributed by atoms with Gasteiger partial charge in [0.1, 0.15) is 45.0 Å². The number of hydrogen-bond acceptors (Lipinski definition) is 1. The van der Waals surface area contributed by atoms with E-state index in [4.69, 9.17) is 0 Å². The van der Waals surface area contributed by atoms with E-state index in [2.05, 4.69) is 123 Å². The molecule has 0 unspecified atom stereocenters. The van der Waals surface area contributed by atoms with Crippen LogP contribution in [0.4, 0.5) is 21.5 Å². The molecule has 0 spiro atoms. The summed E-state index contributed by atoms with van der Waals surface area (Å²) in [7, 11) is 11.1. The fraction of sp³-hybridized carbons (Fsp3) is 0. The molecule has 0 bridgehead atoms. The van der Waals surface area contributed by atoms with Crippen LogP contribution in [0.25, 0.3) is 33.0 Å². The first-order valence-electron chi connectivity index (χ1n) is 14.2. The molecule has 0 N–H and O–H groups in total. The van der Waals surface area contributed by atoms with Gasteiger partial charge in [-0.3, -0.25) is 0 Å². The average Bonchev–Trinajstić information content (AvgIpc) is 3.01. The minimum Gasteiger partial charge on any atom is -0.312 e. The normalized spacial score (nSPS) is 11.0. The van der Waals surface area contributed by atoms with Gasteiger partial charge in [0.2, 0.25) is 0 Å². The highest BCUT2D eigenvalue weighted by molar-refractivity contribution is 6.69. The van der Waals surface area contributed by atoms with Gasteiger partial charge >= 0.3 is 0 Å². The van der Waals surface area contributed by atoms with Crippen LogP contribution in [0.3, 0.4) is 0 Å². The fourth-order valence-electron chi connectivity index (χ4n) is 6.08. The highest BCUT2D eigenvalue weighted by atomic mass is 19.1. The van der Waals surface area contributed by atoms with E-state index in [0.717, 1.165) is 38.8 Å². The molecule has 1 nitrogen and oxygen atoms in total. The summed E-state index contributed by atoms with van der Waals surface area (Å²) in [5, 5.41) is 2.15. The summed E-state index contributed by atoms with van der Waals surface area (Å²) in [5.74, 6) is -0.210. The van der Waals surface area contributed by atoms with Gasteiger partial charge in [-0.25, -0.2) is 4.39 Å². The second-order valence-corrected chi connectivity index (χ2v) is 10.9. The quantitative estimate of drug-likeness (QED) is 0.305. The molecule has 0 radical (unpaired) electrons. The van der Waals surface area contributed by atoms with Gasteiger partial charge in [0.15, 0.2) is 0 Å². The van der Waals surface area contributed by atoms with Gasteiger partial charge < -0.3 is 4.90 Å². The number of hydrogen-bond donors (Lipinski definition) is 0. The number of rotatable bonds is 5. The molecule has 0 atom stereocenters. The second-order valence-electron chi connectivity index (χ2n) is 10.9. The molecule has 0 aliphatic carbocycles. The van der Waals surface area contributed by atoms with Gasteiger partial charge in [-0.05, 0) is 57.8 Å². The first-order valence-corrected chi connectivity index (χ1v) is 14.2. The molecule has 0 aliphatic rings. The predicted molar refractivity (Wildman–Crippen MR) is 190 cm³/mol. The Hall–Kier alpha value is -4.37. The van der Waals surface area contributed by atoms with Crippen LogP contribution in [0.1, 0.15) is 0 Å². The summed E-state index contributed by atoms with van der Waals surface area (Å²) in [5.41, 5.74) is 13.8. The zero-order valence-electron chi connectivity index (χ0n) is 24.3. The van der Waals surface area contributed by atoms with Crippen molar-refractivity contribution in [3.05, 3.63) is 121 Å². The van der Waals surface area contributed by atoms with Gasteiger partial charge in [-0.15, -0.1) is 5.46 Å². The second kappa shape index (κ2) is 10.9. The number of benzene rings is 6. The van der Waals surface area contributed by atoms with Gasteiger partial charge in [0.25, 0.3) is 0 Å². The topological polar surface area (TPSA) is 3.24 Å². The zero-order chi connectivity index (χ0) is 28.7. The van der Waals surface area contributed by atoms with E-state index in [9.17, 15) is 4.39 Å². The minimum absolute atomic E-state index is 0.210. The molecule has 0 saturated heterocycles. The monoisotopic (exact) mass is 525 g/mol. The molecule has 41 heavy (non-hydrogen) atoms. The van der Waals surface area contributed by atoms with Crippen LogP contribution in [0.2, 0.25) is 0 Å². The summed E-state index contributed by atoms with van der Waals surface area (Å²) < 4.78 is 14.9. The Balaban J connectivity index is 1.53. The molecular formula is C34H29B5FN. The molecule has 0 fully saturated rings. The van der Waals surface area contributed by atoms with Crippen molar-refractivity contribution in [2.75, 3.05) is 4.90 Å². The van der Waals surface area contributed by atoms with Crippen molar-refractivity contribution in [2.24, 2.45) is 0 Å². The van der Waals surface area contributed by atoms with Crippen molar-refractivity contribution in [2.45, 2.75) is 0 Å². The van der Waals surface area contributed by atoms with Crippen LogP contribution >= 0.6 is 0 Å². The van der Waals surface area contributed by atoms with Gasteiger partial charge in [0, 0.05) is 22.6 Å². The molecule has 0 heterocycles. The predicted octanol–water partition coefficient (Wildman–Crippen LogP) is 1.07. The molecule has 0 aromatic heterocycles. The lowest BCUT2D eigenvalue weighted by atomic mass is 9.61. The van der Waals surface area contributed by atoms with Crippen molar-refractivity contribution >= 4 is 94.4 Å². The Labute approximate surface area is 246 Å². The lowest BCUT2D eigenvalue weighted by Gasteiger charge is -2.32. The first kappa shape index (κ1) is 26.8. The third-order valence-electron chi connectivity index (χ3n) is 8.70. The van der Waals surface area contributed by atoms with Crippen LogP contribution in [0.15, 0.2) is 115 Å². The third-order valence-corrected chi connectivity index (χ3v) is 8.70. The molecule has 7 heteroatoms. The maximum atomic E-state index is 14.9. The number of fused-ring (bicyclic) bond motifs is 1. The first-order chi connectivity index (χ1) is 19.9. The van der Waals surface area contributed by atoms with Crippen LogP contribution in [-0.4, -0.2) is 39.2 Å². The highest BCUT2D eigenvalue weighted by Gasteiger charge is 2.20. The summed E-state index contributed by atoms with van der Waals surface area (Å²) >= 11 is 0. The van der Waals surface area contributed by atoms with Crippen molar-refractivity contribution in [3.8, 4) is 22.3 Å². The van der Waals surface area contributed by atoms with E-state index in [-0.39, 0.29) is 5.82 Å². The summed E-state index contributed by atoms with van der Waals surface area (Å²) in [4.78, 5) is 2.38. The molecule has 0 saturated carbocycles. The Bertz CT molecular complexity index is 1870. The van der Waals surface area contributed by atoms with Gasteiger partial charge in [-0.1, -0.05) is 107 Å². The average molecular weight is 525 g/mol. The smallest absolute Gasteiger partial charge is 0.141 e. The molecule has 0 aliphatic heterocycles. The van der Waals surface area contributed by atoms with Crippen molar-refractivity contribution in [1.29, 1.82) is 0 Å². The Morgan fingerprint density at radius 2 is 0.951 bits per heavy atom. The zero-order valence-corrected chi connectivity index (χ0v) is 24.3. The standard InChI is InChI=1S/C34H29B5FN/c35-29-30(36)32(38)34(33(39)31(29)37)41(22-10-2-1-3-11-22)23-18-16-20(17-19-23)24-13-6-8-21-9-7-14-26(28(21)24)25-12-4-5-15-27(25)40/h1-19H,35-39H2. The van der Waals surface area contributed by atoms with E-state index in [1.54, 1.807) is 6.07 Å². The molecule has 192 valence electrons. The maximum Gasteiger partial charge on any atom is 0.141 e. The van der Waals surface area contributed by atoms with Crippen LogP contribution in [0, 0.1) is 5.82 Å². The molecule has 6 aromatic rings. The fourth-order valence-corrected chi connectivity index (χ4v) is 6.08. The molecule has 6 rings (SSSR count). The number of anilines is 3. The summed E-state index contributed by atoms with van der Waals surface area (Å²) in [6.07, 6.45) is 0. The van der Waals surface area contributed by atoms with Crippen molar-refractivity contribution in [3.63, 3.8) is 0 Å². The third kappa shape index (κ3) is 4.70. The summed E-state index contributed by atoms with van der Waals surface area (Å²) in [6, 6.07) is 38.8. The van der Waals surface area contributed by atoms with Crippen molar-refractivity contribution in [1.82, 2.24) is 0 Å². The SMILES string of the molecule is Bc1c(B)c(B)c(N(c2ccccc2)c2ccc(-c3cccc4cccc(-c5ccccc5F)c34)cc2)c(B)c1B. The van der Waals surface area contributed by atoms with Gasteiger partial charge in [0.05, 0.1) is 0 Å². The summed E-state index contributed by atoms with van der Waals surface area (Å²) in [6.45, 7) is 0. The lowest BCUT2D eigenvalue weighted by molar-refractivity contribution is 0.631. The van der Waals surface area contributed by atoms with Crippen LogP contribution in [-0.2, 0) is 0 Å². The van der Waals surface area contributed by atoms with Crippen LogP contribution < -0.4 is 32.2 Å². The maximum absolute atomic E-state index is 14.9. The molecule has 0 amide bonds. The Kier molecular flexibility index (Phi) is 7.13.